The van der Waals surface area contributed by atoms with Crippen LogP contribution in [0.15, 0.2) is 12.2 Å². The fraction of sp³-hybridized carbons (Fsp3) is 0.750. The Morgan fingerprint density at radius 3 is 2.58 bits per heavy atom. The van der Waals surface area contributed by atoms with Crippen molar-refractivity contribution in [3.8, 4) is 0 Å². The quantitative estimate of drug-likeness (QED) is 0.370. The molecule has 0 unspecified atom stereocenters. The standard InChI is InChI=1S/C8H17O3P/c1-2-3-4-5-6-7-8-11-12(9)10/h6-7,9-10H,2-5,8H2,1H3. The summed E-state index contributed by atoms with van der Waals surface area (Å²) >= 11 is 0. The molecule has 0 saturated heterocycles. The highest BCUT2D eigenvalue weighted by atomic mass is 31.2. The normalized spacial score (nSPS) is 11.7. The summed E-state index contributed by atoms with van der Waals surface area (Å²) in [4.78, 5) is 16.7. The Balaban J connectivity index is 3.04. The van der Waals surface area contributed by atoms with E-state index in [1.54, 1.807) is 0 Å². The maximum atomic E-state index is 8.36. The van der Waals surface area contributed by atoms with Gasteiger partial charge in [0.1, 0.15) is 0 Å². The van der Waals surface area contributed by atoms with Crippen molar-refractivity contribution < 1.29 is 14.3 Å². The average molecular weight is 192 g/mol. The number of hydrogen-bond acceptors (Lipinski definition) is 3. The molecule has 12 heavy (non-hydrogen) atoms. The topological polar surface area (TPSA) is 49.7 Å². The summed E-state index contributed by atoms with van der Waals surface area (Å²) in [6.07, 6.45) is 8.54. The molecular formula is C8H17O3P. The molecule has 0 amide bonds. The van der Waals surface area contributed by atoms with E-state index >= 15 is 0 Å². The Kier molecular flexibility index (Phi) is 9.18. The summed E-state index contributed by atoms with van der Waals surface area (Å²) in [6, 6.07) is 0. The Morgan fingerprint density at radius 2 is 2.00 bits per heavy atom. The lowest BCUT2D eigenvalue weighted by Gasteiger charge is -1.98. The smallest absolute Gasteiger partial charge is 0.327 e. The van der Waals surface area contributed by atoms with Gasteiger partial charge in [-0.25, -0.2) is 0 Å². The average Bonchev–Trinajstić information content (AvgIpc) is 2.02. The largest absolute Gasteiger partial charge is 0.328 e. The van der Waals surface area contributed by atoms with Gasteiger partial charge >= 0.3 is 8.60 Å². The lowest BCUT2D eigenvalue weighted by molar-refractivity contribution is 0.282. The van der Waals surface area contributed by atoms with Crippen LogP contribution in [0.3, 0.4) is 0 Å². The van der Waals surface area contributed by atoms with Crippen LogP contribution >= 0.6 is 8.60 Å². The molecule has 0 heterocycles. The minimum Gasteiger partial charge on any atom is -0.328 e. The van der Waals surface area contributed by atoms with E-state index in [0.29, 0.717) is 6.61 Å². The molecule has 0 saturated carbocycles. The highest BCUT2D eigenvalue weighted by Gasteiger charge is 1.93. The van der Waals surface area contributed by atoms with Crippen molar-refractivity contribution in [2.45, 2.75) is 32.6 Å². The van der Waals surface area contributed by atoms with Crippen LogP contribution in [0.4, 0.5) is 0 Å². The first-order valence-corrected chi connectivity index (χ1v) is 5.39. The molecule has 3 nitrogen and oxygen atoms in total. The maximum absolute atomic E-state index is 8.36. The summed E-state index contributed by atoms with van der Waals surface area (Å²) in [5.74, 6) is 0. The molecule has 0 fully saturated rings. The summed E-state index contributed by atoms with van der Waals surface area (Å²) in [5.41, 5.74) is 0. The molecule has 0 aliphatic rings. The lowest BCUT2D eigenvalue weighted by Crippen LogP contribution is -1.82. The van der Waals surface area contributed by atoms with Crippen molar-refractivity contribution in [3.63, 3.8) is 0 Å². The number of unbranched alkanes of at least 4 members (excludes halogenated alkanes) is 3. The van der Waals surface area contributed by atoms with Gasteiger partial charge in [-0.1, -0.05) is 31.9 Å². The van der Waals surface area contributed by atoms with E-state index in [4.69, 9.17) is 9.79 Å². The van der Waals surface area contributed by atoms with Gasteiger partial charge in [-0.15, -0.1) is 0 Å². The van der Waals surface area contributed by atoms with Crippen LogP contribution in [0.25, 0.3) is 0 Å². The molecule has 0 spiro atoms. The zero-order chi connectivity index (χ0) is 9.23. The van der Waals surface area contributed by atoms with E-state index in [1.165, 1.54) is 19.3 Å². The van der Waals surface area contributed by atoms with E-state index in [2.05, 4.69) is 11.4 Å². The zero-order valence-corrected chi connectivity index (χ0v) is 8.33. The molecule has 72 valence electrons. The predicted octanol–water partition coefficient (Wildman–Crippen LogP) is 2.35. The van der Waals surface area contributed by atoms with Crippen LogP contribution in [0, 0.1) is 0 Å². The van der Waals surface area contributed by atoms with Gasteiger partial charge in [-0.2, -0.15) is 0 Å². The second-order valence-corrected chi connectivity index (χ2v) is 3.28. The lowest BCUT2D eigenvalue weighted by atomic mass is 10.2. The van der Waals surface area contributed by atoms with E-state index in [1.807, 2.05) is 12.2 Å². The van der Waals surface area contributed by atoms with Crippen LogP contribution in [-0.4, -0.2) is 16.4 Å². The van der Waals surface area contributed by atoms with Crippen molar-refractivity contribution in [2.24, 2.45) is 0 Å². The summed E-state index contributed by atoms with van der Waals surface area (Å²) in [7, 11) is -2.18. The zero-order valence-electron chi connectivity index (χ0n) is 7.44. The third-order valence-electron chi connectivity index (χ3n) is 1.43. The molecule has 4 heteroatoms. The Hall–Kier alpha value is 0.0500. The number of hydrogen-bond donors (Lipinski definition) is 2. The van der Waals surface area contributed by atoms with E-state index in [9.17, 15) is 0 Å². The molecule has 0 aromatic rings. The van der Waals surface area contributed by atoms with E-state index in [0.717, 1.165) is 6.42 Å². The minimum absolute atomic E-state index is 0.296. The van der Waals surface area contributed by atoms with Crippen molar-refractivity contribution >= 4 is 8.60 Å². The highest BCUT2D eigenvalue weighted by molar-refractivity contribution is 7.39. The first kappa shape index (κ1) is 12.0. The third kappa shape index (κ3) is 10.0. The Morgan fingerprint density at radius 1 is 1.25 bits per heavy atom. The molecule has 0 radical (unpaired) electrons. The van der Waals surface area contributed by atoms with Gasteiger partial charge in [-0.05, 0) is 12.8 Å². The van der Waals surface area contributed by atoms with Crippen molar-refractivity contribution in [3.05, 3.63) is 12.2 Å². The fourth-order valence-electron chi connectivity index (χ4n) is 0.808. The first-order valence-electron chi connectivity index (χ1n) is 4.23. The third-order valence-corrected chi connectivity index (χ3v) is 1.81. The van der Waals surface area contributed by atoms with Crippen molar-refractivity contribution in [2.75, 3.05) is 6.61 Å². The van der Waals surface area contributed by atoms with Crippen LogP contribution in [0.5, 0.6) is 0 Å². The molecule has 0 atom stereocenters. The molecule has 2 N–H and O–H groups in total. The Bertz CT molecular complexity index is 115. The molecule has 0 bridgehead atoms. The number of rotatable bonds is 7. The van der Waals surface area contributed by atoms with Crippen LogP contribution in [0.1, 0.15) is 32.6 Å². The van der Waals surface area contributed by atoms with Crippen LogP contribution in [0.2, 0.25) is 0 Å². The molecule has 0 aliphatic heterocycles. The molecular weight excluding hydrogens is 175 g/mol. The molecule has 0 aromatic carbocycles. The monoisotopic (exact) mass is 192 g/mol. The van der Waals surface area contributed by atoms with Crippen molar-refractivity contribution in [1.82, 2.24) is 0 Å². The second kappa shape index (κ2) is 9.14. The fourth-order valence-corrected chi connectivity index (χ4v) is 1.03. The van der Waals surface area contributed by atoms with Gasteiger partial charge < -0.3 is 14.3 Å². The van der Waals surface area contributed by atoms with E-state index < -0.39 is 8.60 Å². The summed E-state index contributed by atoms with van der Waals surface area (Å²) in [5, 5.41) is 0. The molecule has 0 aliphatic carbocycles. The van der Waals surface area contributed by atoms with Crippen molar-refractivity contribution in [1.29, 1.82) is 0 Å². The first-order chi connectivity index (χ1) is 5.77. The van der Waals surface area contributed by atoms with Gasteiger partial charge in [0, 0.05) is 0 Å². The van der Waals surface area contributed by atoms with Crippen LogP contribution in [-0.2, 0) is 4.52 Å². The SMILES string of the molecule is CCCCCC=CCOP(O)O. The minimum atomic E-state index is -2.18. The predicted molar refractivity (Wildman–Crippen MR) is 50.6 cm³/mol. The van der Waals surface area contributed by atoms with Gasteiger partial charge in [0.05, 0.1) is 6.61 Å². The van der Waals surface area contributed by atoms with Gasteiger partial charge in [-0.3, -0.25) is 0 Å². The van der Waals surface area contributed by atoms with Gasteiger partial charge in [0.2, 0.25) is 0 Å². The summed E-state index contributed by atoms with van der Waals surface area (Å²) < 4.78 is 4.54. The second-order valence-electron chi connectivity index (χ2n) is 2.52. The van der Waals surface area contributed by atoms with Gasteiger partial charge in [0.25, 0.3) is 0 Å². The maximum Gasteiger partial charge on any atom is 0.327 e. The summed E-state index contributed by atoms with van der Waals surface area (Å²) in [6.45, 7) is 2.46. The highest BCUT2D eigenvalue weighted by Crippen LogP contribution is 2.23. The van der Waals surface area contributed by atoms with Gasteiger partial charge in [0.15, 0.2) is 0 Å². The molecule has 0 rings (SSSR count). The number of allylic oxidation sites excluding steroid dienone is 1. The van der Waals surface area contributed by atoms with Crippen LogP contribution < -0.4 is 0 Å². The van der Waals surface area contributed by atoms with E-state index in [-0.39, 0.29) is 0 Å². The molecule has 0 aromatic heterocycles. The Labute approximate surface area is 75.1 Å².